The number of Topliss-reactive ketones (excluding diaryl/α,β-unsaturated/α-hetero) is 1. The Morgan fingerprint density at radius 1 is 1.07 bits per heavy atom. The molecule has 1 aromatic heterocycles. The first-order chi connectivity index (χ1) is 13.3. The van der Waals surface area contributed by atoms with Crippen molar-refractivity contribution < 1.29 is 22.7 Å². The van der Waals surface area contributed by atoms with Gasteiger partial charge in [0.2, 0.25) is 0 Å². The minimum atomic E-state index is -4.07. The highest BCUT2D eigenvalue weighted by Crippen LogP contribution is 2.28. The van der Waals surface area contributed by atoms with Crippen molar-refractivity contribution >= 4 is 34.4 Å². The lowest BCUT2D eigenvalue weighted by atomic mass is 9.97. The molecule has 1 aliphatic carbocycles. The first kappa shape index (κ1) is 20.6. The molecule has 7 heteroatoms. The molecule has 0 amide bonds. The number of nitrogens with zero attached hydrogens (tertiary/aromatic N) is 1. The summed E-state index contributed by atoms with van der Waals surface area (Å²) in [5.41, 5.74) is 1.87. The molecule has 0 N–H and O–H groups in total. The third kappa shape index (κ3) is 5.71. The van der Waals surface area contributed by atoms with Gasteiger partial charge < -0.3 is 4.74 Å². The molecule has 0 fully saturated rings. The lowest BCUT2D eigenvalue weighted by Gasteiger charge is -2.16. The second-order valence-electron chi connectivity index (χ2n) is 6.95. The average Bonchev–Trinajstić information content (AvgIpc) is 2.61. The van der Waals surface area contributed by atoms with Gasteiger partial charge in [0.05, 0.1) is 24.2 Å². The van der Waals surface area contributed by atoms with E-state index in [0.29, 0.717) is 35.1 Å². The van der Waals surface area contributed by atoms with E-state index < -0.39 is 12.6 Å². The van der Waals surface area contributed by atoms with Crippen molar-refractivity contribution in [2.75, 3.05) is 6.61 Å². The van der Waals surface area contributed by atoms with Crippen LogP contribution in [0.3, 0.4) is 0 Å². The maximum absolute atomic E-state index is 12.4. The normalized spacial score (nSPS) is 14.1. The number of carbonyl (C=O) groups excluding carboxylic acids is 1. The third-order valence-electron chi connectivity index (χ3n) is 4.63. The predicted octanol–water partition coefficient (Wildman–Crippen LogP) is 6.74. The molecule has 1 aliphatic rings. The number of hydrogen-bond donors (Lipinski definition) is 0. The van der Waals surface area contributed by atoms with Gasteiger partial charge in [-0.05, 0) is 31.0 Å². The van der Waals surface area contributed by atoms with Crippen molar-refractivity contribution in [1.82, 2.24) is 4.98 Å². The number of carbonyl (C=O) groups is 1. The number of unbranched alkanes of at least 4 members (excludes halogenated alkanes) is 4. The van der Waals surface area contributed by atoms with Crippen molar-refractivity contribution in [3.8, 4) is 0 Å². The number of halogens is 4. The second-order valence-corrected chi connectivity index (χ2v) is 7.39. The minimum absolute atomic E-state index is 0.0380. The minimum Gasteiger partial charge on any atom is -0.497 e. The van der Waals surface area contributed by atoms with Crippen LogP contribution in [0.2, 0.25) is 5.02 Å². The Morgan fingerprint density at radius 3 is 2.61 bits per heavy atom. The molecule has 2 aromatic rings. The Bertz CT molecular complexity index is 893. The summed E-state index contributed by atoms with van der Waals surface area (Å²) in [7, 11) is 0. The molecular weight excluding hydrogens is 391 g/mol. The molecule has 0 saturated carbocycles. The Morgan fingerprint density at radius 2 is 1.82 bits per heavy atom. The van der Waals surface area contributed by atoms with E-state index in [0.717, 1.165) is 30.2 Å². The van der Waals surface area contributed by atoms with Crippen molar-refractivity contribution in [3.63, 3.8) is 0 Å². The number of allylic oxidation sites excluding steroid dienone is 1. The Labute approximate surface area is 166 Å². The van der Waals surface area contributed by atoms with Crippen LogP contribution in [0.4, 0.5) is 13.2 Å². The van der Waals surface area contributed by atoms with Crippen molar-refractivity contribution in [3.05, 3.63) is 46.3 Å². The molecule has 28 heavy (non-hydrogen) atoms. The standard InChI is InChI=1S/C21H21ClF3NO2/c22-15-7-6-14-10-17-19(26-18(14)11-15)12-16(13-20(17)27)28-9-5-3-1-2-4-8-21(23,24)25/h6-7,10-12H,1-5,8-9,13H2. The summed E-state index contributed by atoms with van der Waals surface area (Å²) in [5.74, 6) is 0.535. The first-order valence-corrected chi connectivity index (χ1v) is 9.73. The SMILES string of the molecule is O=C1CC(OCCCCCCCC(F)(F)F)=Cc2nc3cc(Cl)ccc3cc21. The van der Waals surface area contributed by atoms with Crippen LogP contribution in [0, 0.1) is 0 Å². The maximum Gasteiger partial charge on any atom is 0.389 e. The number of rotatable bonds is 8. The number of hydrogen-bond acceptors (Lipinski definition) is 3. The highest BCUT2D eigenvalue weighted by Gasteiger charge is 2.25. The number of benzene rings is 1. The summed E-state index contributed by atoms with van der Waals surface area (Å²) >= 11 is 6.01. The molecule has 0 spiro atoms. The molecule has 150 valence electrons. The number of aromatic nitrogens is 1. The van der Waals surface area contributed by atoms with Gasteiger partial charge >= 0.3 is 6.18 Å². The highest BCUT2D eigenvalue weighted by atomic mass is 35.5. The fourth-order valence-electron chi connectivity index (χ4n) is 3.20. The van der Waals surface area contributed by atoms with E-state index in [1.807, 2.05) is 12.1 Å². The monoisotopic (exact) mass is 411 g/mol. The maximum atomic E-state index is 12.4. The zero-order valence-corrected chi connectivity index (χ0v) is 16.1. The summed E-state index contributed by atoms with van der Waals surface area (Å²) in [6.07, 6.45) is 0.212. The quantitative estimate of drug-likeness (QED) is 0.452. The van der Waals surface area contributed by atoms with E-state index in [-0.39, 0.29) is 18.6 Å². The van der Waals surface area contributed by atoms with Crippen LogP contribution in [0.15, 0.2) is 30.0 Å². The van der Waals surface area contributed by atoms with Crippen molar-refractivity contribution in [2.24, 2.45) is 0 Å². The van der Waals surface area contributed by atoms with Gasteiger partial charge in [0.15, 0.2) is 5.78 Å². The topological polar surface area (TPSA) is 39.2 Å². The van der Waals surface area contributed by atoms with Crippen LogP contribution in [0.1, 0.15) is 61.0 Å². The molecule has 0 unspecified atom stereocenters. The number of fused-ring (bicyclic) bond motifs is 2. The van der Waals surface area contributed by atoms with E-state index >= 15 is 0 Å². The van der Waals surface area contributed by atoms with E-state index in [2.05, 4.69) is 4.98 Å². The number of ketones is 1. The van der Waals surface area contributed by atoms with E-state index in [9.17, 15) is 18.0 Å². The molecule has 3 nitrogen and oxygen atoms in total. The van der Waals surface area contributed by atoms with Crippen LogP contribution in [0.5, 0.6) is 0 Å². The zero-order chi connectivity index (χ0) is 20.1. The average molecular weight is 412 g/mol. The molecule has 1 heterocycles. The van der Waals surface area contributed by atoms with Crippen LogP contribution in [-0.2, 0) is 4.74 Å². The van der Waals surface area contributed by atoms with Gasteiger partial charge in [-0.2, -0.15) is 13.2 Å². The van der Waals surface area contributed by atoms with E-state index in [1.165, 1.54) is 0 Å². The molecule has 3 rings (SSSR count). The van der Waals surface area contributed by atoms with Gasteiger partial charge in [-0.25, -0.2) is 4.98 Å². The second kappa shape index (κ2) is 8.95. The van der Waals surface area contributed by atoms with Crippen molar-refractivity contribution in [1.29, 1.82) is 0 Å². The fourth-order valence-corrected chi connectivity index (χ4v) is 3.37. The lowest BCUT2D eigenvalue weighted by molar-refractivity contribution is -0.135. The molecule has 0 bridgehead atoms. The summed E-state index contributed by atoms with van der Waals surface area (Å²) in [4.78, 5) is 16.9. The van der Waals surface area contributed by atoms with Gasteiger partial charge in [0.1, 0.15) is 5.76 Å². The molecule has 0 aliphatic heterocycles. The van der Waals surface area contributed by atoms with E-state index in [1.54, 1.807) is 18.2 Å². The largest absolute Gasteiger partial charge is 0.497 e. The molecule has 0 saturated heterocycles. The predicted molar refractivity (Wildman–Crippen MR) is 103 cm³/mol. The van der Waals surface area contributed by atoms with Crippen LogP contribution in [0.25, 0.3) is 17.0 Å². The summed E-state index contributed by atoms with van der Waals surface area (Å²) in [5, 5.41) is 1.44. The Hall–Kier alpha value is -2.08. The van der Waals surface area contributed by atoms with Crippen LogP contribution >= 0.6 is 11.6 Å². The molecule has 0 radical (unpaired) electrons. The van der Waals surface area contributed by atoms with Gasteiger partial charge in [0, 0.05) is 28.5 Å². The lowest BCUT2D eigenvalue weighted by Crippen LogP contribution is -2.12. The molecule has 0 atom stereocenters. The summed E-state index contributed by atoms with van der Waals surface area (Å²) in [6, 6.07) is 7.18. The number of ether oxygens (including phenoxy) is 1. The first-order valence-electron chi connectivity index (χ1n) is 9.35. The van der Waals surface area contributed by atoms with Crippen LogP contribution < -0.4 is 0 Å². The smallest absolute Gasteiger partial charge is 0.389 e. The molecule has 1 aromatic carbocycles. The van der Waals surface area contributed by atoms with Crippen molar-refractivity contribution in [2.45, 2.75) is 51.1 Å². The van der Waals surface area contributed by atoms with Gasteiger partial charge in [-0.1, -0.05) is 36.9 Å². The summed E-state index contributed by atoms with van der Waals surface area (Å²) < 4.78 is 41.9. The fraction of sp³-hybridized carbons (Fsp3) is 0.429. The van der Waals surface area contributed by atoms with Gasteiger partial charge in [-0.15, -0.1) is 0 Å². The summed E-state index contributed by atoms with van der Waals surface area (Å²) in [6.45, 7) is 0.438. The number of alkyl halides is 3. The zero-order valence-electron chi connectivity index (χ0n) is 15.3. The van der Waals surface area contributed by atoms with Crippen LogP contribution in [-0.4, -0.2) is 23.6 Å². The highest BCUT2D eigenvalue weighted by molar-refractivity contribution is 6.31. The number of pyridine rings is 1. The van der Waals surface area contributed by atoms with E-state index in [4.69, 9.17) is 16.3 Å². The Balaban J connectivity index is 1.50. The third-order valence-corrected chi connectivity index (χ3v) is 4.87. The molecular formula is C21H21ClF3NO2. The van der Waals surface area contributed by atoms with Gasteiger partial charge in [-0.3, -0.25) is 4.79 Å². The Kier molecular flexibility index (Phi) is 6.60. The van der Waals surface area contributed by atoms with Gasteiger partial charge in [0.25, 0.3) is 0 Å².